The van der Waals surface area contributed by atoms with Crippen molar-refractivity contribution in [3.63, 3.8) is 0 Å². The molecule has 0 radical (unpaired) electrons. The molecule has 6 aromatic rings. The fourth-order valence-corrected chi connectivity index (χ4v) is 7.06. The second-order valence-corrected chi connectivity index (χ2v) is 13.8. The zero-order valence-electron chi connectivity index (χ0n) is 33.3. The molecule has 0 aliphatic carbocycles. The molecule has 2 amide bonds. The van der Waals surface area contributed by atoms with Gasteiger partial charge < -0.3 is 19.3 Å². The zero-order chi connectivity index (χ0) is 39.2. The van der Waals surface area contributed by atoms with Crippen LogP contribution in [-0.2, 0) is 22.4 Å². The third-order valence-corrected chi connectivity index (χ3v) is 9.95. The molecule has 0 fully saturated rings. The van der Waals surface area contributed by atoms with Gasteiger partial charge in [0.1, 0.15) is 11.5 Å². The minimum atomic E-state index is 0.0583. The van der Waals surface area contributed by atoms with E-state index in [1.807, 2.05) is 135 Å². The van der Waals surface area contributed by atoms with Gasteiger partial charge in [-0.15, -0.1) is 0 Å². The van der Waals surface area contributed by atoms with Gasteiger partial charge >= 0.3 is 0 Å². The Hall–Kier alpha value is -5.78. The van der Waals surface area contributed by atoms with Crippen LogP contribution in [0.15, 0.2) is 60.7 Å². The topological polar surface area (TPSA) is 119 Å². The Labute approximate surface area is 323 Å². The average molecular weight is 745 g/mol. The molecular weight excluding hydrogens is 693 g/mol. The predicted molar refractivity (Wildman–Crippen MR) is 215 cm³/mol. The number of ether oxygens (including phenoxy) is 2. The van der Waals surface area contributed by atoms with Crippen molar-refractivity contribution in [3.8, 4) is 34.0 Å². The molecule has 0 spiro atoms. The molecule has 0 bridgehead atoms. The van der Waals surface area contributed by atoms with E-state index in [9.17, 15) is 9.59 Å². The summed E-state index contributed by atoms with van der Waals surface area (Å²) in [6, 6.07) is 19.6. The lowest BCUT2D eigenvalue weighted by Crippen LogP contribution is -2.31. The normalized spacial score (nSPS) is 11.3. The molecule has 2 aromatic carbocycles. The maximum atomic E-state index is 13.2. The molecule has 0 atom stereocenters. The Morgan fingerprint density at radius 2 is 0.945 bits per heavy atom. The number of nitrogens with zero attached hydrogens (tertiary/aromatic N) is 8. The highest BCUT2D eigenvalue weighted by atomic mass is 16.5. The first kappa shape index (κ1) is 38.9. The maximum absolute atomic E-state index is 13.2. The van der Waals surface area contributed by atoms with E-state index in [4.69, 9.17) is 29.6 Å². The summed E-state index contributed by atoms with van der Waals surface area (Å²) < 4.78 is 15.8. The zero-order valence-corrected chi connectivity index (χ0v) is 33.3. The van der Waals surface area contributed by atoms with Crippen molar-refractivity contribution in [3.05, 3.63) is 94.6 Å². The number of likely N-dealkylation sites (N-methyl/N-ethyl adjacent to an activating group) is 2. The number of fused-ring (bicyclic) bond motifs is 2. The number of rotatable bonds is 16. The van der Waals surface area contributed by atoms with Crippen molar-refractivity contribution in [1.29, 1.82) is 0 Å². The van der Waals surface area contributed by atoms with E-state index in [2.05, 4.69) is 0 Å². The Bertz CT molecular complexity index is 2120. The van der Waals surface area contributed by atoms with Gasteiger partial charge in [-0.25, -0.2) is 19.0 Å². The largest absolute Gasteiger partial charge is 0.493 e. The number of carbonyl (C=O) groups is 2. The summed E-state index contributed by atoms with van der Waals surface area (Å²) in [6.07, 6.45) is 1.15. The molecule has 288 valence electrons. The van der Waals surface area contributed by atoms with Gasteiger partial charge in [0, 0.05) is 77.6 Å². The molecule has 4 aromatic heterocycles. The van der Waals surface area contributed by atoms with Gasteiger partial charge in [0.2, 0.25) is 11.8 Å². The highest BCUT2D eigenvalue weighted by Gasteiger charge is 2.23. The van der Waals surface area contributed by atoms with Crippen LogP contribution < -0.4 is 9.47 Å². The van der Waals surface area contributed by atoms with Crippen LogP contribution in [0.4, 0.5) is 0 Å². The monoisotopic (exact) mass is 744 g/mol. The van der Waals surface area contributed by atoms with E-state index < -0.39 is 0 Å². The second-order valence-electron chi connectivity index (χ2n) is 13.8. The minimum absolute atomic E-state index is 0.0583. The molecule has 0 aliphatic rings. The van der Waals surface area contributed by atoms with Gasteiger partial charge in [0.25, 0.3) is 0 Å². The third kappa shape index (κ3) is 8.48. The van der Waals surface area contributed by atoms with Gasteiger partial charge in [0.15, 0.2) is 11.3 Å². The van der Waals surface area contributed by atoms with E-state index in [1.54, 1.807) is 0 Å². The second kappa shape index (κ2) is 17.1. The van der Waals surface area contributed by atoms with E-state index in [0.717, 1.165) is 67.9 Å². The van der Waals surface area contributed by atoms with Gasteiger partial charge in [0.05, 0.1) is 37.4 Å². The first-order valence-electron chi connectivity index (χ1n) is 19.3. The lowest BCUT2D eigenvalue weighted by molar-refractivity contribution is -0.130. The fourth-order valence-electron chi connectivity index (χ4n) is 7.06. The van der Waals surface area contributed by atoms with Crippen molar-refractivity contribution in [2.75, 3.05) is 39.4 Å². The van der Waals surface area contributed by atoms with E-state index in [1.165, 1.54) is 0 Å². The summed E-state index contributed by atoms with van der Waals surface area (Å²) >= 11 is 0. The highest BCUT2D eigenvalue weighted by molar-refractivity contribution is 5.86. The summed E-state index contributed by atoms with van der Waals surface area (Å²) in [5.74, 6) is 1.60. The quantitative estimate of drug-likeness (QED) is 0.0972. The molecule has 0 saturated carbocycles. The molecule has 0 saturated heterocycles. The lowest BCUT2D eigenvalue weighted by Gasteiger charge is -2.18. The number of aromatic nitrogens is 6. The minimum Gasteiger partial charge on any atom is -0.493 e. The molecule has 4 heterocycles. The Morgan fingerprint density at radius 1 is 0.582 bits per heavy atom. The average Bonchev–Trinajstić information content (AvgIpc) is 3.71. The van der Waals surface area contributed by atoms with Crippen LogP contribution in [0.25, 0.3) is 33.8 Å². The van der Waals surface area contributed by atoms with Crippen LogP contribution in [0.2, 0.25) is 0 Å². The van der Waals surface area contributed by atoms with Crippen LogP contribution in [-0.4, -0.2) is 90.2 Å². The predicted octanol–water partition coefficient (Wildman–Crippen LogP) is 7.01. The van der Waals surface area contributed by atoms with Gasteiger partial charge in [-0.05, 0) is 116 Å². The van der Waals surface area contributed by atoms with E-state index in [-0.39, 0.29) is 24.7 Å². The molecule has 6 rings (SSSR count). The van der Waals surface area contributed by atoms with Gasteiger partial charge in [-0.2, -0.15) is 10.2 Å². The number of hydrogen-bond acceptors (Lipinski definition) is 8. The molecule has 12 heteroatoms. The summed E-state index contributed by atoms with van der Waals surface area (Å²) in [5, 5.41) is 9.81. The summed E-state index contributed by atoms with van der Waals surface area (Å²) in [7, 11) is 0. The molecule has 0 unspecified atom stereocenters. The Balaban J connectivity index is 1.08. The van der Waals surface area contributed by atoms with Crippen molar-refractivity contribution >= 4 is 23.1 Å². The lowest BCUT2D eigenvalue weighted by atomic mass is 10.0. The standard InChI is InChI=1S/C43H52N8O4/c1-9-48(10-2)38(52)26-36-40(46-50-30(7)24-28(5)44-42(36)50)32-14-18-34(19-15-32)54-22-13-23-55-35-20-16-33(17-21-35)41-37(27-39(53)49(11-3)12-4)43-45-29(6)25-31(8)51(43)47-41/h14-21,24-25H,9-13,22-23,26-27H2,1-8H3. The SMILES string of the molecule is CCN(CC)C(=O)Cc1c(-c2ccc(OCCCOc3ccc(-c4nn5c(C)cc(C)nc5c4CC(=O)N(CC)CC)cc3)cc2)nn2c(C)cc(C)nc12. The molecule has 0 N–H and O–H groups in total. The Kier molecular flexibility index (Phi) is 12.1. The number of benzene rings is 2. The smallest absolute Gasteiger partial charge is 0.227 e. The van der Waals surface area contributed by atoms with Crippen LogP contribution in [0.5, 0.6) is 11.5 Å². The van der Waals surface area contributed by atoms with Crippen molar-refractivity contribution in [2.24, 2.45) is 0 Å². The van der Waals surface area contributed by atoms with Crippen molar-refractivity contribution in [1.82, 2.24) is 39.0 Å². The van der Waals surface area contributed by atoms with Gasteiger partial charge in [-0.3, -0.25) is 9.59 Å². The molecule has 0 aliphatic heterocycles. The summed E-state index contributed by atoms with van der Waals surface area (Å²) in [6.45, 7) is 19.5. The van der Waals surface area contributed by atoms with Crippen LogP contribution in [0.3, 0.4) is 0 Å². The molecule has 12 nitrogen and oxygen atoms in total. The molecular formula is C43H52N8O4. The van der Waals surface area contributed by atoms with Crippen LogP contribution in [0.1, 0.15) is 68.0 Å². The van der Waals surface area contributed by atoms with Gasteiger partial charge in [-0.1, -0.05) is 0 Å². The summed E-state index contributed by atoms with van der Waals surface area (Å²) in [4.78, 5) is 39.6. The first-order valence-corrected chi connectivity index (χ1v) is 19.3. The number of amides is 2. The maximum Gasteiger partial charge on any atom is 0.227 e. The van der Waals surface area contributed by atoms with E-state index in [0.29, 0.717) is 57.1 Å². The van der Waals surface area contributed by atoms with Crippen LogP contribution in [0, 0.1) is 27.7 Å². The van der Waals surface area contributed by atoms with Crippen LogP contribution >= 0.6 is 0 Å². The highest BCUT2D eigenvalue weighted by Crippen LogP contribution is 2.31. The first-order chi connectivity index (χ1) is 26.5. The fraction of sp³-hybridized carbons (Fsp3) is 0.395. The molecule has 55 heavy (non-hydrogen) atoms. The van der Waals surface area contributed by atoms with E-state index >= 15 is 0 Å². The number of carbonyl (C=O) groups excluding carboxylic acids is 2. The Morgan fingerprint density at radius 3 is 1.29 bits per heavy atom. The summed E-state index contributed by atoms with van der Waals surface area (Å²) in [5.41, 5.74) is 10.1. The van der Waals surface area contributed by atoms with Crippen molar-refractivity contribution < 1.29 is 19.1 Å². The third-order valence-electron chi connectivity index (χ3n) is 9.95. The van der Waals surface area contributed by atoms with Crippen molar-refractivity contribution in [2.45, 2.75) is 74.7 Å². The number of hydrogen-bond donors (Lipinski definition) is 0. The number of aryl methyl sites for hydroxylation is 4.